The van der Waals surface area contributed by atoms with E-state index in [4.69, 9.17) is 4.52 Å². The Morgan fingerprint density at radius 3 is 2.83 bits per heavy atom. The fourth-order valence-corrected chi connectivity index (χ4v) is 2.05. The Hall–Kier alpha value is -1.20. The summed E-state index contributed by atoms with van der Waals surface area (Å²) in [7, 11) is 0. The molecule has 0 aliphatic heterocycles. The summed E-state index contributed by atoms with van der Waals surface area (Å²) in [4.78, 5) is 0. The van der Waals surface area contributed by atoms with E-state index < -0.39 is 0 Å². The third-order valence-electron chi connectivity index (χ3n) is 2.71. The molecular formula is C13H14BrFN2O. The third kappa shape index (κ3) is 3.17. The van der Waals surface area contributed by atoms with E-state index in [9.17, 15) is 4.39 Å². The van der Waals surface area contributed by atoms with Gasteiger partial charge < -0.3 is 9.84 Å². The number of rotatable bonds is 4. The third-order valence-corrected chi connectivity index (χ3v) is 3.32. The number of nitrogens with one attached hydrogen (secondary N) is 1. The van der Waals surface area contributed by atoms with E-state index in [1.54, 1.807) is 12.1 Å². The van der Waals surface area contributed by atoms with Crippen molar-refractivity contribution >= 4 is 15.9 Å². The molecule has 0 spiro atoms. The molecule has 0 amide bonds. The van der Waals surface area contributed by atoms with Gasteiger partial charge in [0.25, 0.3) is 0 Å². The van der Waals surface area contributed by atoms with Crippen molar-refractivity contribution in [3.05, 3.63) is 51.6 Å². The van der Waals surface area contributed by atoms with Crippen LogP contribution in [0.2, 0.25) is 0 Å². The number of hydrogen-bond donors (Lipinski definition) is 1. The molecule has 2 rings (SSSR count). The van der Waals surface area contributed by atoms with Gasteiger partial charge in [-0.2, -0.15) is 0 Å². The van der Waals surface area contributed by atoms with Gasteiger partial charge >= 0.3 is 0 Å². The Kier molecular flexibility index (Phi) is 4.14. The number of aromatic nitrogens is 1. The normalized spacial score (nSPS) is 12.7. The molecule has 1 aromatic carbocycles. The van der Waals surface area contributed by atoms with Crippen LogP contribution in [0.4, 0.5) is 4.39 Å². The maximum Gasteiger partial charge on any atom is 0.137 e. The molecule has 0 radical (unpaired) electrons. The molecule has 0 saturated heterocycles. The van der Waals surface area contributed by atoms with Crippen LogP contribution >= 0.6 is 15.9 Å². The van der Waals surface area contributed by atoms with Crippen LogP contribution in [0.5, 0.6) is 0 Å². The van der Waals surface area contributed by atoms with Crippen LogP contribution in [0.25, 0.3) is 0 Å². The van der Waals surface area contributed by atoms with E-state index in [2.05, 4.69) is 26.4 Å². The molecule has 1 unspecified atom stereocenters. The fourth-order valence-electron chi connectivity index (χ4n) is 1.66. The molecule has 1 atom stereocenters. The lowest BCUT2D eigenvalue weighted by atomic mass is 10.1. The summed E-state index contributed by atoms with van der Waals surface area (Å²) in [6, 6.07) is 7.00. The average molecular weight is 313 g/mol. The van der Waals surface area contributed by atoms with Crippen LogP contribution in [0, 0.1) is 12.7 Å². The van der Waals surface area contributed by atoms with E-state index in [-0.39, 0.29) is 11.9 Å². The van der Waals surface area contributed by atoms with Crippen LogP contribution in [0.3, 0.4) is 0 Å². The molecule has 0 bridgehead atoms. The highest BCUT2D eigenvalue weighted by molar-refractivity contribution is 9.10. The Morgan fingerprint density at radius 1 is 1.44 bits per heavy atom. The molecule has 18 heavy (non-hydrogen) atoms. The lowest BCUT2D eigenvalue weighted by molar-refractivity contribution is 0.386. The molecule has 0 aliphatic carbocycles. The molecule has 0 saturated carbocycles. The molecule has 1 aromatic heterocycles. The van der Waals surface area contributed by atoms with Crippen LogP contribution < -0.4 is 5.32 Å². The largest absolute Gasteiger partial charge is 0.361 e. The number of hydrogen-bond acceptors (Lipinski definition) is 3. The number of aryl methyl sites for hydroxylation is 1. The first kappa shape index (κ1) is 13.2. The van der Waals surface area contributed by atoms with Gasteiger partial charge in [0.15, 0.2) is 0 Å². The standard InChI is InChI=1S/C13H14BrFN2O/c1-8-5-11(17-18-8)7-16-9(2)10-3-4-13(15)12(14)6-10/h3-6,9,16H,7H2,1-2H3. The zero-order valence-corrected chi connectivity index (χ0v) is 11.8. The second-order valence-corrected chi connectivity index (χ2v) is 5.06. The lowest BCUT2D eigenvalue weighted by Gasteiger charge is -2.13. The van der Waals surface area contributed by atoms with Crippen molar-refractivity contribution in [2.75, 3.05) is 0 Å². The van der Waals surface area contributed by atoms with Gasteiger partial charge in [-0.3, -0.25) is 0 Å². The summed E-state index contributed by atoms with van der Waals surface area (Å²) in [5.41, 5.74) is 1.88. The second-order valence-electron chi connectivity index (χ2n) is 4.21. The topological polar surface area (TPSA) is 38.1 Å². The number of benzene rings is 1. The first-order valence-electron chi connectivity index (χ1n) is 5.67. The summed E-state index contributed by atoms with van der Waals surface area (Å²) in [6.07, 6.45) is 0. The van der Waals surface area contributed by atoms with Gasteiger partial charge in [0.2, 0.25) is 0 Å². The molecule has 0 aliphatic rings. The Balaban J connectivity index is 1.99. The van der Waals surface area contributed by atoms with Gasteiger partial charge in [-0.05, 0) is 47.5 Å². The van der Waals surface area contributed by atoms with Crippen molar-refractivity contribution < 1.29 is 8.91 Å². The first-order valence-corrected chi connectivity index (χ1v) is 6.46. The van der Waals surface area contributed by atoms with Crippen LogP contribution in [-0.2, 0) is 6.54 Å². The quantitative estimate of drug-likeness (QED) is 0.934. The maximum atomic E-state index is 13.1. The van der Waals surface area contributed by atoms with E-state index in [0.29, 0.717) is 11.0 Å². The number of nitrogens with zero attached hydrogens (tertiary/aromatic N) is 1. The smallest absolute Gasteiger partial charge is 0.137 e. The average Bonchev–Trinajstić information content (AvgIpc) is 2.75. The van der Waals surface area contributed by atoms with Crippen molar-refractivity contribution in [3.8, 4) is 0 Å². The van der Waals surface area contributed by atoms with Crippen molar-refractivity contribution in [2.45, 2.75) is 26.4 Å². The molecule has 1 N–H and O–H groups in total. The Morgan fingerprint density at radius 2 is 2.22 bits per heavy atom. The minimum Gasteiger partial charge on any atom is -0.361 e. The van der Waals surface area contributed by atoms with Crippen LogP contribution in [-0.4, -0.2) is 5.16 Å². The molecular weight excluding hydrogens is 299 g/mol. The summed E-state index contributed by atoms with van der Waals surface area (Å²) in [5.74, 6) is 0.544. The van der Waals surface area contributed by atoms with E-state index >= 15 is 0 Å². The summed E-state index contributed by atoms with van der Waals surface area (Å²) in [5, 5.41) is 7.22. The molecule has 1 heterocycles. The minimum atomic E-state index is -0.252. The zero-order chi connectivity index (χ0) is 13.1. The van der Waals surface area contributed by atoms with Crippen molar-refractivity contribution in [2.24, 2.45) is 0 Å². The SMILES string of the molecule is Cc1cc(CNC(C)c2ccc(F)c(Br)c2)no1. The molecule has 96 valence electrons. The second kappa shape index (κ2) is 5.63. The highest BCUT2D eigenvalue weighted by Gasteiger charge is 2.09. The molecule has 0 fully saturated rings. The predicted molar refractivity (Wildman–Crippen MR) is 70.6 cm³/mol. The zero-order valence-electron chi connectivity index (χ0n) is 10.2. The molecule has 3 nitrogen and oxygen atoms in total. The van der Waals surface area contributed by atoms with Gasteiger partial charge in [0.1, 0.15) is 11.6 Å². The predicted octanol–water partition coefficient (Wildman–Crippen LogP) is 3.74. The van der Waals surface area contributed by atoms with Crippen molar-refractivity contribution in [3.63, 3.8) is 0 Å². The minimum absolute atomic E-state index is 0.110. The first-order chi connectivity index (χ1) is 8.56. The van der Waals surface area contributed by atoms with Gasteiger partial charge in [0.05, 0.1) is 10.2 Å². The van der Waals surface area contributed by atoms with Crippen LogP contribution in [0.1, 0.15) is 30.0 Å². The van der Waals surface area contributed by atoms with Gasteiger partial charge in [-0.25, -0.2) is 4.39 Å². The van der Waals surface area contributed by atoms with E-state index in [0.717, 1.165) is 17.0 Å². The van der Waals surface area contributed by atoms with Crippen molar-refractivity contribution in [1.82, 2.24) is 10.5 Å². The van der Waals surface area contributed by atoms with Crippen LogP contribution in [0.15, 0.2) is 33.3 Å². The van der Waals surface area contributed by atoms with E-state index in [1.807, 2.05) is 19.9 Å². The monoisotopic (exact) mass is 312 g/mol. The van der Waals surface area contributed by atoms with Gasteiger partial charge in [-0.1, -0.05) is 11.2 Å². The Labute approximate surface area is 113 Å². The highest BCUT2D eigenvalue weighted by atomic mass is 79.9. The molecule has 5 heteroatoms. The molecule has 2 aromatic rings. The maximum absolute atomic E-state index is 13.1. The lowest BCUT2D eigenvalue weighted by Crippen LogP contribution is -2.18. The van der Waals surface area contributed by atoms with Crippen molar-refractivity contribution in [1.29, 1.82) is 0 Å². The summed E-state index contributed by atoms with van der Waals surface area (Å²) in [6.45, 7) is 4.50. The number of halogens is 2. The fraction of sp³-hybridized carbons (Fsp3) is 0.308. The van der Waals surface area contributed by atoms with Gasteiger partial charge in [-0.15, -0.1) is 0 Å². The highest BCUT2D eigenvalue weighted by Crippen LogP contribution is 2.21. The van der Waals surface area contributed by atoms with Gasteiger partial charge in [0, 0.05) is 18.7 Å². The Bertz CT molecular complexity index is 542. The van der Waals surface area contributed by atoms with E-state index in [1.165, 1.54) is 6.07 Å². The summed E-state index contributed by atoms with van der Waals surface area (Å²) < 4.78 is 18.6. The summed E-state index contributed by atoms with van der Waals surface area (Å²) >= 11 is 3.18.